The summed E-state index contributed by atoms with van der Waals surface area (Å²) < 4.78 is 0. The van der Waals surface area contributed by atoms with Gasteiger partial charge in [0, 0.05) is 39.1 Å². The van der Waals surface area contributed by atoms with Crippen molar-refractivity contribution >= 4 is 23.5 Å². The quantitative estimate of drug-likeness (QED) is 0.259. The minimum atomic E-state index is -0.933. The van der Waals surface area contributed by atoms with Crippen LogP contribution in [0.1, 0.15) is 45.6 Å². The lowest BCUT2D eigenvalue weighted by Gasteiger charge is -2.32. The lowest BCUT2D eigenvalue weighted by molar-refractivity contribution is -0.140. The first kappa shape index (κ1) is 29.5. The van der Waals surface area contributed by atoms with Crippen LogP contribution in [0.25, 0.3) is 0 Å². The predicted molar refractivity (Wildman–Crippen MR) is 140 cm³/mol. The molecular weight excluding hydrogens is 458 g/mol. The van der Waals surface area contributed by atoms with Crippen LogP contribution in [-0.4, -0.2) is 91.7 Å². The largest absolute Gasteiger partial charge is 0.349 e. The van der Waals surface area contributed by atoms with Crippen LogP contribution in [0.2, 0.25) is 0 Å². The molecule has 1 aromatic rings. The van der Waals surface area contributed by atoms with E-state index in [1.807, 2.05) is 44.2 Å². The Morgan fingerprint density at radius 3 is 2.25 bits per heavy atom. The van der Waals surface area contributed by atoms with Crippen molar-refractivity contribution in [3.63, 3.8) is 0 Å². The van der Waals surface area contributed by atoms with Crippen molar-refractivity contribution in [2.24, 2.45) is 5.92 Å². The zero-order chi connectivity index (χ0) is 26.5. The molecule has 0 unspecified atom stereocenters. The van der Waals surface area contributed by atoms with Crippen LogP contribution in [0, 0.1) is 5.92 Å². The third kappa shape index (κ3) is 10.1. The second-order valence-electron chi connectivity index (χ2n) is 9.86. The summed E-state index contributed by atoms with van der Waals surface area (Å²) in [6.45, 7) is 10.8. The second kappa shape index (κ2) is 15.4. The Kier molecular flexibility index (Phi) is 12.6. The van der Waals surface area contributed by atoms with Gasteiger partial charge >= 0.3 is 0 Å². The fraction of sp³-hybridized carbons (Fsp3) is 0.630. The molecule has 2 atom stereocenters. The summed E-state index contributed by atoms with van der Waals surface area (Å²) in [4.78, 5) is 55.2. The Morgan fingerprint density at radius 2 is 1.64 bits per heavy atom. The maximum atomic E-state index is 12.9. The van der Waals surface area contributed by atoms with Gasteiger partial charge in [0.15, 0.2) is 0 Å². The Labute approximate surface area is 215 Å². The van der Waals surface area contributed by atoms with Gasteiger partial charge in [-0.1, -0.05) is 51.1 Å². The zero-order valence-electron chi connectivity index (χ0n) is 22.2. The Morgan fingerprint density at radius 1 is 0.972 bits per heavy atom. The minimum Gasteiger partial charge on any atom is -0.349 e. The van der Waals surface area contributed by atoms with E-state index in [1.165, 1.54) is 0 Å². The lowest BCUT2D eigenvalue weighted by Crippen LogP contribution is -2.55. The molecule has 9 nitrogen and oxygen atoms in total. The van der Waals surface area contributed by atoms with Gasteiger partial charge in [0.25, 0.3) is 5.91 Å². The summed E-state index contributed by atoms with van der Waals surface area (Å²) in [6, 6.07) is 7.94. The number of nitrogens with zero attached hydrogens (tertiary/aromatic N) is 2. The topological polar surface area (TPSA) is 111 Å². The summed E-state index contributed by atoms with van der Waals surface area (Å²) in [6.07, 6.45) is 1.87. The molecule has 36 heavy (non-hydrogen) atoms. The third-order valence-corrected chi connectivity index (χ3v) is 6.55. The number of piperazine rings is 1. The highest BCUT2D eigenvalue weighted by Crippen LogP contribution is 2.07. The highest BCUT2D eigenvalue weighted by molar-refractivity contribution is 6.38. The zero-order valence-corrected chi connectivity index (χ0v) is 22.2. The number of hydrogen-bond acceptors (Lipinski definition) is 6. The highest BCUT2D eigenvalue weighted by atomic mass is 16.2. The monoisotopic (exact) mass is 501 g/mol. The smallest absolute Gasteiger partial charge is 0.289 e. The van der Waals surface area contributed by atoms with Gasteiger partial charge in [0.2, 0.25) is 17.6 Å². The van der Waals surface area contributed by atoms with Crippen molar-refractivity contribution in [1.82, 2.24) is 25.8 Å². The van der Waals surface area contributed by atoms with E-state index in [4.69, 9.17) is 0 Å². The van der Waals surface area contributed by atoms with Gasteiger partial charge in [0.1, 0.15) is 6.04 Å². The summed E-state index contributed by atoms with van der Waals surface area (Å²) in [5.41, 5.74) is 1.05. The minimum absolute atomic E-state index is 0.179. The molecule has 1 saturated heterocycles. The van der Waals surface area contributed by atoms with Crippen molar-refractivity contribution in [2.75, 3.05) is 46.3 Å². The van der Waals surface area contributed by atoms with Crippen LogP contribution in [-0.2, 0) is 25.6 Å². The van der Waals surface area contributed by atoms with Crippen LogP contribution in [0.3, 0.4) is 0 Å². The van der Waals surface area contributed by atoms with Crippen LogP contribution in [0.15, 0.2) is 30.3 Å². The van der Waals surface area contributed by atoms with Crippen LogP contribution >= 0.6 is 0 Å². The number of carbonyl (C=O) groups excluding carboxylic acids is 4. The van der Waals surface area contributed by atoms with Gasteiger partial charge in [-0.2, -0.15) is 0 Å². The molecule has 3 N–H and O–H groups in total. The predicted octanol–water partition coefficient (Wildman–Crippen LogP) is 0.978. The molecule has 1 aromatic carbocycles. The first-order valence-corrected chi connectivity index (χ1v) is 13.1. The molecular formula is C27H43N5O4. The standard InChI is InChI=1S/C27H43N5O4/c1-5-22(25(34)27(36)28-14-9-15-32-18-16-31(4)17-19-32)29-26(35)24(20(2)3)30-23(33)13-12-21-10-7-6-8-11-21/h6-8,10-11,20,22,24H,5,9,12-19H2,1-4H3,(H,28,36)(H,29,35)(H,30,33)/t22-,24-/m0/s1. The molecule has 3 amide bonds. The van der Waals surface area contributed by atoms with E-state index >= 15 is 0 Å². The molecule has 0 bridgehead atoms. The van der Waals surface area contributed by atoms with Crippen molar-refractivity contribution in [2.45, 2.75) is 58.5 Å². The number of rotatable bonds is 14. The number of Topliss-reactive ketones (excluding diaryl/α,β-unsaturated/α-hetero) is 1. The van der Waals surface area contributed by atoms with Crippen LogP contribution in [0.4, 0.5) is 0 Å². The van der Waals surface area contributed by atoms with Gasteiger partial charge in [-0.3, -0.25) is 19.2 Å². The summed E-state index contributed by atoms with van der Waals surface area (Å²) >= 11 is 0. The Hall–Kier alpha value is -2.78. The number of likely N-dealkylation sites (N-methyl/N-ethyl adjacent to an activating group) is 1. The molecule has 1 heterocycles. The molecule has 0 saturated carbocycles. The fourth-order valence-electron chi connectivity index (χ4n) is 4.12. The van der Waals surface area contributed by atoms with E-state index in [9.17, 15) is 19.2 Å². The van der Waals surface area contributed by atoms with Gasteiger partial charge in [0.05, 0.1) is 6.04 Å². The maximum Gasteiger partial charge on any atom is 0.289 e. The number of ketones is 1. The molecule has 9 heteroatoms. The van der Waals surface area contributed by atoms with E-state index in [1.54, 1.807) is 6.92 Å². The van der Waals surface area contributed by atoms with E-state index < -0.39 is 29.7 Å². The Bertz CT molecular complexity index is 853. The lowest BCUT2D eigenvalue weighted by atomic mass is 10.0. The SMILES string of the molecule is CC[C@H](NC(=O)[C@@H](NC(=O)CCc1ccccc1)C(C)C)C(=O)C(=O)NCCCN1CCN(C)CC1. The molecule has 1 aliphatic heterocycles. The number of aryl methyl sites for hydroxylation is 1. The summed E-state index contributed by atoms with van der Waals surface area (Å²) in [5.74, 6) is -2.22. The van der Waals surface area contributed by atoms with Gasteiger partial charge < -0.3 is 25.8 Å². The van der Waals surface area contributed by atoms with Gasteiger partial charge in [-0.15, -0.1) is 0 Å². The van der Waals surface area contributed by atoms with Crippen molar-refractivity contribution in [3.8, 4) is 0 Å². The highest BCUT2D eigenvalue weighted by Gasteiger charge is 2.30. The average Bonchev–Trinajstić information content (AvgIpc) is 2.87. The molecule has 1 fully saturated rings. The van der Waals surface area contributed by atoms with Gasteiger partial charge in [-0.05, 0) is 44.3 Å². The first-order valence-electron chi connectivity index (χ1n) is 13.1. The summed E-state index contributed by atoms with van der Waals surface area (Å²) in [7, 11) is 2.11. The molecule has 200 valence electrons. The van der Waals surface area contributed by atoms with E-state index in [2.05, 4.69) is 32.8 Å². The van der Waals surface area contributed by atoms with E-state index in [0.29, 0.717) is 13.0 Å². The molecule has 0 aromatic heterocycles. The van der Waals surface area contributed by atoms with E-state index in [-0.39, 0.29) is 24.7 Å². The molecule has 0 spiro atoms. The molecule has 2 rings (SSSR count). The maximum absolute atomic E-state index is 12.9. The number of carbonyl (C=O) groups is 4. The number of nitrogens with one attached hydrogen (secondary N) is 3. The molecule has 1 aliphatic rings. The number of benzene rings is 1. The number of amides is 3. The van der Waals surface area contributed by atoms with Gasteiger partial charge in [-0.25, -0.2) is 0 Å². The fourth-order valence-corrected chi connectivity index (χ4v) is 4.12. The van der Waals surface area contributed by atoms with Crippen LogP contribution in [0.5, 0.6) is 0 Å². The van der Waals surface area contributed by atoms with E-state index in [0.717, 1.165) is 44.7 Å². The van der Waals surface area contributed by atoms with Crippen molar-refractivity contribution < 1.29 is 19.2 Å². The Balaban J connectivity index is 1.78. The first-order chi connectivity index (χ1) is 17.2. The second-order valence-corrected chi connectivity index (χ2v) is 9.86. The number of hydrogen-bond donors (Lipinski definition) is 3. The van der Waals surface area contributed by atoms with Crippen LogP contribution < -0.4 is 16.0 Å². The third-order valence-electron chi connectivity index (χ3n) is 6.55. The normalized spacial score (nSPS) is 16.2. The molecule has 0 aliphatic carbocycles. The summed E-state index contributed by atoms with van der Waals surface area (Å²) in [5, 5.41) is 8.16. The average molecular weight is 502 g/mol. The molecule has 0 radical (unpaired) electrons. The van der Waals surface area contributed by atoms with Crippen molar-refractivity contribution in [1.29, 1.82) is 0 Å². The van der Waals surface area contributed by atoms with Crippen molar-refractivity contribution in [3.05, 3.63) is 35.9 Å².